The van der Waals surface area contributed by atoms with Gasteiger partial charge in [-0.3, -0.25) is 9.78 Å². The maximum Gasteiger partial charge on any atom is 0.269 e. The number of benzene rings is 1. The van der Waals surface area contributed by atoms with Gasteiger partial charge in [0.25, 0.3) is 5.91 Å². The number of nitrogens with zero attached hydrogens (tertiary/aromatic N) is 1. The summed E-state index contributed by atoms with van der Waals surface area (Å²) < 4.78 is 5.66. The molecule has 0 aliphatic carbocycles. The molecule has 102 valence electrons. The first-order valence-corrected chi connectivity index (χ1v) is 6.01. The summed E-state index contributed by atoms with van der Waals surface area (Å²) in [6.45, 7) is 3.66. The van der Waals surface area contributed by atoms with Crippen molar-refractivity contribution >= 4 is 11.6 Å². The fraction of sp³-hybridized carbons (Fsp3) is 0.0667. The van der Waals surface area contributed by atoms with Crippen LogP contribution in [-0.4, -0.2) is 17.9 Å². The molecule has 2 aromatic rings. The Hall–Kier alpha value is -2.82. The number of rotatable bonds is 4. The van der Waals surface area contributed by atoms with E-state index in [9.17, 15) is 4.79 Å². The van der Waals surface area contributed by atoms with Crippen LogP contribution in [0.2, 0.25) is 0 Å². The molecule has 2 rings (SSSR count). The maximum atomic E-state index is 11.5. The normalized spacial score (nSPS) is 9.85. The Labute approximate surface area is 117 Å². The molecule has 5 heteroatoms. The number of aromatic nitrogens is 1. The van der Waals surface area contributed by atoms with Crippen molar-refractivity contribution < 1.29 is 9.53 Å². The van der Waals surface area contributed by atoms with Crippen molar-refractivity contribution in [3.8, 4) is 11.5 Å². The quantitative estimate of drug-likeness (QED) is 0.891. The van der Waals surface area contributed by atoms with E-state index in [1.807, 2.05) is 12.1 Å². The van der Waals surface area contributed by atoms with Gasteiger partial charge in [0.1, 0.15) is 17.2 Å². The van der Waals surface area contributed by atoms with Crippen molar-refractivity contribution in [2.45, 2.75) is 0 Å². The summed E-state index contributed by atoms with van der Waals surface area (Å²) in [5.41, 5.74) is 7.25. The molecule has 0 saturated heterocycles. The highest BCUT2D eigenvalue weighted by Gasteiger charge is 2.06. The highest BCUT2D eigenvalue weighted by molar-refractivity contribution is 5.92. The van der Waals surface area contributed by atoms with Gasteiger partial charge in [0.05, 0.1) is 0 Å². The molecule has 0 fully saturated rings. The molecule has 1 amide bonds. The molecule has 1 heterocycles. The summed E-state index contributed by atoms with van der Waals surface area (Å²) in [5.74, 6) is 0.923. The van der Waals surface area contributed by atoms with Gasteiger partial charge in [0.2, 0.25) is 0 Å². The fourth-order valence-corrected chi connectivity index (χ4v) is 1.60. The molecule has 0 aliphatic heterocycles. The molecule has 3 N–H and O–H groups in total. The number of nitrogens with one attached hydrogen (secondary N) is 1. The standard InChI is InChI=1S/C15H15N3O2/c1-10(16)11-3-5-12(6-4-11)20-13-7-8-18-14(9-13)15(19)17-2/h3-9H,1,16H2,2H3,(H,17,19). The molecule has 0 bridgehead atoms. The van der Waals surface area contributed by atoms with Crippen LogP contribution in [0.5, 0.6) is 11.5 Å². The van der Waals surface area contributed by atoms with Gasteiger partial charge in [-0.15, -0.1) is 0 Å². The van der Waals surface area contributed by atoms with Crippen molar-refractivity contribution in [1.29, 1.82) is 0 Å². The van der Waals surface area contributed by atoms with Gasteiger partial charge in [-0.25, -0.2) is 0 Å². The van der Waals surface area contributed by atoms with Crippen LogP contribution in [-0.2, 0) is 0 Å². The van der Waals surface area contributed by atoms with Crippen LogP contribution >= 0.6 is 0 Å². The highest BCUT2D eigenvalue weighted by atomic mass is 16.5. The Kier molecular flexibility index (Phi) is 4.00. The van der Waals surface area contributed by atoms with Crippen LogP contribution in [0.4, 0.5) is 0 Å². The van der Waals surface area contributed by atoms with E-state index >= 15 is 0 Å². The number of amides is 1. The lowest BCUT2D eigenvalue weighted by Gasteiger charge is -2.07. The molecule has 1 aromatic carbocycles. The number of carbonyl (C=O) groups is 1. The largest absolute Gasteiger partial charge is 0.457 e. The third-order valence-corrected chi connectivity index (χ3v) is 2.65. The minimum absolute atomic E-state index is 0.259. The van der Waals surface area contributed by atoms with E-state index in [1.54, 1.807) is 31.3 Å². The maximum absolute atomic E-state index is 11.5. The molecule has 0 atom stereocenters. The van der Waals surface area contributed by atoms with E-state index in [-0.39, 0.29) is 5.91 Å². The van der Waals surface area contributed by atoms with Crippen LogP contribution in [0.3, 0.4) is 0 Å². The lowest BCUT2D eigenvalue weighted by atomic mass is 10.2. The molecule has 0 saturated carbocycles. The van der Waals surface area contributed by atoms with E-state index in [0.29, 0.717) is 22.9 Å². The molecule has 0 spiro atoms. The smallest absolute Gasteiger partial charge is 0.269 e. The van der Waals surface area contributed by atoms with E-state index in [0.717, 1.165) is 5.56 Å². The zero-order chi connectivity index (χ0) is 14.5. The Morgan fingerprint density at radius 1 is 1.25 bits per heavy atom. The summed E-state index contributed by atoms with van der Waals surface area (Å²) >= 11 is 0. The molecule has 1 aromatic heterocycles. The predicted molar refractivity (Wildman–Crippen MR) is 77.4 cm³/mol. The number of hydrogen-bond donors (Lipinski definition) is 2. The monoisotopic (exact) mass is 269 g/mol. The minimum Gasteiger partial charge on any atom is -0.457 e. The van der Waals surface area contributed by atoms with E-state index in [1.165, 1.54) is 6.20 Å². The molecule has 0 radical (unpaired) electrons. The Morgan fingerprint density at radius 3 is 2.55 bits per heavy atom. The highest BCUT2D eigenvalue weighted by Crippen LogP contribution is 2.22. The SMILES string of the molecule is C=C(N)c1ccc(Oc2ccnc(C(=O)NC)c2)cc1. The summed E-state index contributed by atoms with van der Waals surface area (Å²) in [5, 5.41) is 2.51. The number of nitrogens with two attached hydrogens (primary N) is 1. The predicted octanol–water partition coefficient (Wildman–Crippen LogP) is 2.16. The molecular formula is C15H15N3O2. The first-order chi connectivity index (χ1) is 9.60. The fourth-order valence-electron chi connectivity index (χ4n) is 1.60. The first-order valence-electron chi connectivity index (χ1n) is 6.01. The second-order valence-electron chi connectivity index (χ2n) is 4.11. The number of ether oxygens (including phenoxy) is 1. The zero-order valence-corrected chi connectivity index (χ0v) is 11.1. The number of pyridine rings is 1. The molecule has 5 nitrogen and oxygen atoms in total. The first kappa shape index (κ1) is 13.6. The van der Waals surface area contributed by atoms with Gasteiger partial charge < -0.3 is 15.8 Å². The Morgan fingerprint density at radius 2 is 1.95 bits per heavy atom. The Bertz CT molecular complexity index is 636. The molecular weight excluding hydrogens is 254 g/mol. The van der Waals surface area contributed by atoms with Crippen LogP contribution in [0, 0.1) is 0 Å². The van der Waals surface area contributed by atoms with Crippen LogP contribution in [0.15, 0.2) is 49.2 Å². The van der Waals surface area contributed by atoms with Gasteiger partial charge in [-0.2, -0.15) is 0 Å². The summed E-state index contributed by atoms with van der Waals surface area (Å²) in [7, 11) is 1.55. The van der Waals surface area contributed by atoms with Crippen molar-refractivity contribution in [2.24, 2.45) is 5.73 Å². The second kappa shape index (κ2) is 5.88. The number of hydrogen-bond acceptors (Lipinski definition) is 4. The van der Waals surface area contributed by atoms with Gasteiger partial charge >= 0.3 is 0 Å². The minimum atomic E-state index is -0.259. The topological polar surface area (TPSA) is 77.2 Å². The van der Waals surface area contributed by atoms with Crippen molar-refractivity contribution in [2.75, 3.05) is 7.05 Å². The van der Waals surface area contributed by atoms with Gasteiger partial charge in [-0.1, -0.05) is 6.58 Å². The van der Waals surface area contributed by atoms with Crippen molar-refractivity contribution in [3.05, 3.63) is 60.4 Å². The van der Waals surface area contributed by atoms with Crippen LogP contribution < -0.4 is 15.8 Å². The third kappa shape index (κ3) is 3.14. The number of carbonyl (C=O) groups excluding carboxylic acids is 1. The zero-order valence-electron chi connectivity index (χ0n) is 11.1. The average molecular weight is 269 g/mol. The van der Waals surface area contributed by atoms with E-state index < -0.39 is 0 Å². The lowest BCUT2D eigenvalue weighted by molar-refractivity contribution is 0.0958. The van der Waals surface area contributed by atoms with Crippen LogP contribution in [0.1, 0.15) is 16.1 Å². The lowest BCUT2D eigenvalue weighted by Crippen LogP contribution is -2.18. The third-order valence-electron chi connectivity index (χ3n) is 2.65. The molecule has 0 unspecified atom stereocenters. The summed E-state index contributed by atoms with van der Waals surface area (Å²) in [6, 6.07) is 10.5. The summed E-state index contributed by atoms with van der Waals surface area (Å²) in [6.07, 6.45) is 1.52. The molecule has 0 aliphatic rings. The second-order valence-corrected chi connectivity index (χ2v) is 4.11. The Balaban J connectivity index is 2.17. The van der Waals surface area contributed by atoms with E-state index in [4.69, 9.17) is 10.5 Å². The van der Waals surface area contributed by atoms with Gasteiger partial charge in [-0.05, 0) is 35.9 Å². The van der Waals surface area contributed by atoms with Gasteiger partial charge in [0, 0.05) is 25.0 Å². The van der Waals surface area contributed by atoms with Crippen molar-refractivity contribution in [3.63, 3.8) is 0 Å². The van der Waals surface area contributed by atoms with E-state index in [2.05, 4.69) is 16.9 Å². The molecule has 20 heavy (non-hydrogen) atoms. The average Bonchev–Trinajstić information content (AvgIpc) is 2.47. The summed E-state index contributed by atoms with van der Waals surface area (Å²) in [4.78, 5) is 15.5. The van der Waals surface area contributed by atoms with Crippen LogP contribution in [0.25, 0.3) is 5.70 Å². The van der Waals surface area contributed by atoms with Crippen molar-refractivity contribution in [1.82, 2.24) is 10.3 Å². The van der Waals surface area contributed by atoms with Gasteiger partial charge in [0.15, 0.2) is 0 Å².